The number of carbonyl (C=O) groups excluding carboxylic acids is 1. The summed E-state index contributed by atoms with van der Waals surface area (Å²) in [5.41, 5.74) is -1.00. The van der Waals surface area contributed by atoms with E-state index in [0.717, 1.165) is 25.7 Å². The first kappa shape index (κ1) is 12.2. The van der Waals surface area contributed by atoms with Gasteiger partial charge in [0.1, 0.15) is 5.54 Å². The quantitative estimate of drug-likeness (QED) is 0.681. The molecule has 0 spiro atoms. The maximum Gasteiger partial charge on any atom is 0.329 e. The first-order valence-electron chi connectivity index (χ1n) is 6.39. The van der Waals surface area contributed by atoms with Crippen LogP contribution in [0.3, 0.4) is 0 Å². The van der Waals surface area contributed by atoms with E-state index in [0.29, 0.717) is 18.8 Å². The minimum absolute atomic E-state index is 0.251. The van der Waals surface area contributed by atoms with E-state index >= 15 is 0 Å². The molecular formula is C12H20N2O3. The van der Waals surface area contributed by atoms with E-state index in [-0.39, 0.29) is 12.1 Å². The number of amides is 2. The van der Waals surface area contributed by atoms with E-state index < -0.39 is 11.5 Å². The van der Waals surface area contributed by atoms with Crippen LogP contribution in [0.15, 0.2) is 0 Å². The summed E-state index contributed by atoms with van der Waals surface area (Å²) in [6, 6.07) is -0.0726. The second-order valence-corrected chi connectivity index (χ2v) is 5.23. The fourth-order valence-corrected chi connectivity index (χ4v) is 2.46. The number of hydrogen-bond acceptors (Lipinski definition) is 2. The smallest absolute Gasteiger partial charge is 0.329 e. The third-order valence-corrected chi connectivity index (χ3v) is 3.87. The average Bonchev–Trinajstić information content (AvgIpc) is 2.90. The molecule has 5 nitrogen and oxygen atoms in total. The van der Waals surface area contributed by atoms with Gasteiger partial charge in [0, 0.05) is 6.04 Å². The molecule has 0 saturated heterocycles. The number of nitrogens with one attached hydrogen (secondary N) is 2. The van der Waals surface area contributed by atoms with Gasteiger partial charge in [-0.25, -0.2) is 9.59 Å². The number of carboxylic acid groups (broad SMARTS) is 1. The number of carbonyl (C=O) groups is 2. The number of aliphatic carboxylic acids is 1. The lowest BCUT2D eigenvalue weighted by atomic mass is 9.77. The fourth-order valence-electron chi connectivity index (χ4n) is 2.46. The standard InChI is InChI=1S/C12H20N2O3/c1-2-4-8-7-9(8)13-11(17)14-12(10(15)16)5-3-6-12/h8-9H,2-7H2,1H3,(H,15,16)(H2,13,14,17). The van der Waals surface area contributed by atoms with Crippen molar-refractivity contribution in [3.05, 3.63) is 0 Å². The Hall–Kier alpha value is -1.26. The summed E-state index contributed by atoms with van der Waals surface area (Å²) in [5, 5.41) is 14.5. The van der Waals surface area contributed by atoms with Gasteiger partial charge in [0.05, 0.1) is 0 Å². The third kappa shape index (κ3) is 2.53. The zero-order valence-corrected chi connectivity index (χ0v) is 10.2. The maximum absolute atomic E-state index is 11.7. The Labute approximate surface area is 101 Å². The lowest BCUT2D eigenvalue weighted by Crippen LogP contribution is -2.61. The summed E-state index contributed by atoms with van der Waals surface area (Å²) in [4.78, 5) is 22.7. The summed E-state index contributed by atoms with van der Waals surface area (Å²) >= 11 is 0. The number of rotatable bonds is 5. The Kier molecular flexibility index (Phi) is 3.26. The molecule has 0 radical (unpaired) electrons. The minimum Gasteiger partial charge on any atom is -0.480 e. The van der Waals surface area contributed by atoms with Gasteiger partial charge < -0.3 is 15.7 Å². The maximum atomic E-state index is 11.7. The second-order valence-electron chi connectivity index (χ2n) is 5.23. The van der Waals surface area contributed by atoms with E-state index in [1.165, 1.54) is 0 Å². The molecule has 2 amide bonds. The van der Waals surface area contributed by atoms with Crippen LogP contribution in [0.2, 0.25) is 0 Å². The molecule has 2 atom stereocenters. The molecule has 3 N–H and O–H groups in total. The Bertz CT molecular complexity index is 326. The summed E-state index contributed by atoms with van der Waals surface area (Å²) in [7, 11) is 0. The zero-order valence-electron chi connectivity index (χ0n) is 10.2. The molecular weight excluding hydrogens is 220 g/mol. The highest BCUT2D eigenvalue weighted by molar-refractivity contribution is 5.87. The molecule has 0 bridgehead atoms. The van der Waals surface area contributed by atoms with E-state index in [1.54, 1.807) is 0 Å². The van der Waals surface area contributed by atoms with Crippen LogP contribution in [-0.2, 0) is 4.79 Å². The van der Waals surface area contributed by atoms with Gasteiger partial charge in [-0.3, -0.25) is 0 Å². The van der Waals surface area contributed by atoms with E-state index in [9.17, 15) is 9.59 Å². The Morgan fingerprint density at radius 2 is 2.12 bits per heavy atom. The van der Waals surface area contributed by atoms with Gasteiger partial charge in [0.2, 0.25) is 0 Å². The first-order valence-corrected chi connectivity index (χ1v) is 6.39. The molecule has 2 saturated carbocycles. The van der Waals surface area contributed by atoms with Gasteiger partial charge >= 0.3 is 12.0 Å². The van der Waals surface area contributed by atoms with Crippen molar-refractivity contribution in [2.45, 2.75) is 57.0 Å². The van der Waals surface area contributed by atoms with Crippen LogP contribution >= 0.6 is 0 Å². The molecule has 2 rings (SSSR count). The summed E-state index contributed by atoms with van der Waals surface area (Å²) < 4.78 is 0. The van der Waals surface area contributed by atoms with E-state index in [2.05, 4.69) is 17.6 Å². The van der Waals surface area contributed by atoms with Crippen molar-refractivity contribution in [2.75, 3.05) is 0 Å². The molecule has 0 aromatic carbocycles. The molecule has 2 unspecified atom stereocenters. The Balaban J connectivity index is 1.76. The van der Waals surface area contributed by atoms with Crippen molar-refractivity contribution in [3.8, 4) is 0 Å². The van der Waals surface area contributed by atoms with Gasteiger partial charge in [0.25, 0.3) is 0 Å². The van der Waals surface area contributed by atoms with Crippen LogP contribution in [-0.4, -0.2) is 28.7 Å². The molecule has 0 aliphatic heterocycles. The molecule has 96 valence electrons. The Morgan fingerprint density at radius 1 is 1.41 bits per heavy atom. The van der Waals surface area contributed by atoms with Gasteiger partial charge in [-0.1, -0.05) is 13.3 Å². The normalized spacial score (nSPS) is 29.0. The predicted molar refractivity (Wildman–Crippen MR) is 62.7 cm³/mol. The highest BCUT2D eigenvalue weighted by Crippen LogP contribution is 2.35. The predicted octanol–water partition coefficient (Wildman–Crippen LogP) is 1.48. The molecule has 0 heterocycles. The second kappa shape index (κ2) is 4.55. The topological polar surface area (TPSA) is 78.4 Å². The van der Waals surface area contributed by atoms with Crippen LogP contribution < -0.4 is 10.6 Å². The molecule has 2 aliphatic rings. The third-order valence-electron chi connectivity index (χ3n) is 3.87. The van der Waals surface area contributed by atoms with Gasteiger partial charge in [-0.2, -0.15) is 0 Å². The van der Waals surface area contributed by atoms with Crippen LogP contribution in [0.4, 0.5) is 4.79 Å². The van der Waals surface area contributed by atoms with Crippen molar-refractivity contribution < 1.29 is 14.7 Å². The number of urea groups is 1. The van der Waals surface area contributed by atoms with Gasteiger partial charge in [-0.15, -0.1) is 0 Å². The van der Waals surface area contributed by atoms with Crippen LogP contribution in [0, 0.1) is 5.92 Å². The lowest BCUT2D eigenvalue weighted by Gasteiger charge is -2.38. The molecule has 0 aromatic rings. The molecule has 2 aliphatic carbocycles. The average molecular weight is 240 g/mol. The lowest BCUT2D eigenvalue weighted by molar-refractivity contribution is -0.148. The fraction of sp³-hybridized carbons (Fsp3) is 0.833. The number of hydrogen-bond donors (Lipinski definition) is 3. The molecule has 2 fully saturated rings. The molecule has 5 heteroatoms. The highest BCUT2D eigenvalue weighted by Gasteiger charge is 2.46. The van der Waals surface area contributed by atoms with Gasteiger partial charge in [-0.05, 0) is 38.0 Å². The molecule has 0 aromatic heterocycles. The van der Waals surface area contributed by atoms with E-state index in [1.807, 2.05) is 0 Å². The largest absolute Gasteiger partial charge is 0.480 e. The summed E-state index contributed by atoms with van der Waals surface area (Å²) in [6.45, 7) is 2.13. The SMILES string of the molecule is CCCC1CC1NC(=O)NC1(C(=O)O)CCC1. The van der Waals surface area contributed by atoms with Crippen LogP contribution in [0.1, 0.15) is 45.4 Å². The summed E-state index contributed by atoms with van der Waals surface area (Å²) in [6.07, 6.45) is 5.24. The molecule has 17 heavy (non-hydrogen) atoms. The van der Waals surface area contributed by atoms with Gasteiger partial charge in [0.15, 0.2) is 0 Å². The minimum atomic E-state index is -1.00. The van der Waals surface area contributed by atoms with Crippen molar-refractivity contribution in [2.24, 2.45) is 5.92 Å². The Morgan fingerprint density at radius 3 is 2.59 bits per heavy atom. The van der Waals surface area contributed by atoms with Crippen molar-refractivity contribution in [1.82, 2.24) is 10.6 Å². The number of carboxylic acids is 1. The van der Waals surface area contributed by atoms with Crippen molar-refractivity contribution in [1.29, 1.82) is 0 Å². The van der Waals surface area contributed by atoms with Crippen LogP contribution in [0.5, 0.6) is 0 Å². The first-order chi connectivity index (χ1) is 8.07. The highest BCUT2D eigenvalue weighted by atomic mass is 16.4. The van der Waals surface area contributed by atoms with E-state index in [4.69, 9.17) is 5.11 Å². The van der Waals surface area contributed by atoms with Crippen molar-refractivity contribution >= 4 is 12.0 Å². The summed E-state index contributed by atoms with van der Waals surface area (Å²) in [5.74, 6) is -0.326. The van der Waals surface area contributed by atoms with Crippen LogP contribution in [0.25, 0.3) is 0 Å². The zero-order chi connectivity index (χ0) is 12.5. The van der Waals surface area contributed by atoms with Crippen molar-refractivity contribution in [3.63, 3.8) is 0 Å². The monoisotopic (exact) mass is 240 g/mol.